The predicted octanol–water partition coefficient (Wildman–Crippen LogP) is -1.03. The molecule has 0 fully saturated rings. The van der Waals surface area contributed by atoms with Gasteiger partial charge in [-0.1, -0.05) is 39.9 Å². The van der Waals surface area contributed by atoms with Gasteiger partial charge in [-0.2, -0.15) is 38.9 Å². The molecule has 1 radical (unpaired) electrons. The molecular weight excluding hydrogens is 437 g/mol. The van der Waals surface area contributed by atoms with E-state index < -0.39 is 0 Å². The minimum absolute atomic E-state index is 0. The van der Waals surface area contributed by atoms with Crippen molar-refractivity contribution in [2.24, 2.45) is 0 Å². The number of rotatable bonds is 1. The van der Waals surface area contributed by atoms with E-state index in [0.29, 0.717) is 0 Å². The zero-order valence-corrected chi connectivity index (χ0v) is 20.2. The molecule has 0 amide bonds. The Balaban J connectivity index is 0. The summed E-state index contributed by atoms with van der Waals surface area (Å²) < 4.78 is 0. The maximum Gasteiger partial charge on any atom is 4.00 e. The van der Waals surface area contributed by atoms with Gasteiger partial charge in [0.25, 0.3) is 0 Å². The fourth-order valence-electron chi connectivity index (χ4n) is 2.10. The molecule has 0 aliphatic rings. The monoisotopic (exact) mass is 457 g/mol. The van der Waals surface area contributed by atoms with E-state index in [1.165, 1.54) is 27.2 Å². The largest absolute Gasteiger partial charge is 4.00 e. The summed E-state index contributed by atoms with van der Waals surface area (Å²) in [4.78, 5) is 0. The third-order valence-electron chi connectivity index (χ3n) is 3.76. The molecule has 5 heteroatoms. The molecule has 3 aromatic rings. The smallest absolute Gasteiger partial charge is 1.00 e. The summed E-state index contributed by atoms with van der Waals surface area (Å²) in [7, 11) is 0.562. The summed E-state index contributed by atoms with van der Waals surface area (Å²) in [5.41, 5.74) is 2.80. The van der Waals surface area contributed by atoms with Gasteiger partial charge in [0.1, 0.15) is 0 Å². The van der Waals surface area contributed by atoms with Crippen molar-refractivity contribution in [1.29, 1.82) is 0 Å². The van der Waals surface area contributed by atoms with Crippen LogP contribution in [0.5, 0.6) is 0 Å². The fraction of sp³-hybridized carbons (Fsp3) is 0.278. The average Bonchev–Trinajstić information content (AvgIpc) is 2.99. The van der Waals surface area contributed by atoms with Gasteiger partial charge in [-0.15, -0.1) is 29.7 Å². The molecule has 0 N–H and O–H groups in total. The van der Waals surface area contributed by atoms with Crippen LogP contribution in [0, 0.1) is 26.6 Å². The van der Waals surface area contributed by atoms with Crippen LogP contribution in [0.4, 0.5) is 0 Å². The number of benzene rings is 1. The molecule has 2 aromatic carbocycles. The molecule has 0 bridgehead atoms. The van der Waals surface area contributed by atoms with Gasteiger partial charge in [-0.25, -0.2) is 0 Å². The first-order valence-electron chi connectivity index (χ1n) is 6.98. The average molecular weight is 460 g/mol. The quantitative estimate of drug-likeness (QED) is 0.323. The van der Waals surface area contributed by atoms with Crippen molar-refractivity contribution in [2.75, 3.05) is 0 Å². The van der Waals surface area contributed by atoms with E-state index in [2.05, 4.69) is 76.1 Å². The third-order valence-corrected chi connectivity index (χ3v) is 6.45. The SMILES string of the molecule is C[Si](C)c1cc2ccccc2[cH-]1.Cc1[c-][pH]c(C)c1C.[Cl-].[Cl-].[Zr+4]. The normalized spacial score (nSPS) is 9.65. The molecule has 1 atom stereocenters. The van der Waals surface area contributed by atoms with Crippen LogP contribution in [0.1, 0.15) is 16.4 Å². The molecule has 0 aliphatic carbocycles. The summed E-state index contributed by atoms with van der Waals surface area (Å²) in [5.74, 6) is 3.29. The molecule has 0 saturated heterocycles. The van der Waals surface area contributed by atoms with Gasteiger partial charge >= 0.3 is 26.2 Å². The number of aryl methyl sites for hydroxylation is 2. The number of hydrogen-bond donors (Lipinski definition) is 0. The van der Waals surface area contributed by atoms with Crippen molar-refractivity contribution in [1.82, 2.24) is 0 Å². The first-order valence-corrected chi connectivity index (χ1v) is 10.5. The Labute approximate surface area is 175 Å². The van der Waals surface area contributed by atoms with Gasteiger partial charge < -0.3 is 24.8 Å². The molecule has 0 nitrogen and oxygen atoms in total. The molecule has 0 saturated carbocycles. The second kappa shape index (κ2) is 11.8. The first-order chi connectivity index (χ1) is 9.49. The number of fused-ring (bicyclic) bond motifs is 1. The van der Waals surface area contributed by atoms with E-state index in [1.54, 1.807) is 5.19 Å². The minimum Gasteiger partial charge on any atom is -1.00 e. The molecule has 121 valence electrons. The Kier molecular flexibility index (Phi) is 13.1. The molecule has 0 aliphatic heterocycles. The Hall–Kier alpha value is 0.290. The van der Waals surface area contributed by atoms with Crippen LogP contribution in [0.2, 0.25) is 13.1 Å². The van der Waals surface area contributed by atoms with E-state index in [4.69, 9.17) is 0 Å². The standard InChI is InChI=1S/C11H12Si.C7H10P.2ClH.Zr/c1-12(2)11-7-9-5-3-4-6-10(9)8-11;1-5-4-8-7(3)6(5)2;;;/h3-8H,1-2H3;8H,1-3H3;2*1H;/q2*-1;;;+4/p-2. The van der Waals surface area contributed by atoms with Crippen LogP contribution in [0.3, 0.4) is 0 Å². The van der Waals surface area contributed by atoms with Gasteiger partial charge in [0.2, 0.25) is 0 Å². The molecule has 0 spiro atoms. The summed E-state index contributed by atoms with van der Waals surface area (Å²) in [6.45, 7) is 11.1. The van der Waals surface area contributed by atoms with Crippen LogP contribution in [0.25, 0.3) is 10.8 Å². The van der Waals surface area contributed by atoms with Gasteiger partial charge in [0.05, 0.1) is 8.80 Å². The number of halogens is 2. The molecule has 1 aromatic heterocycles. The van der Waals surface area contributed by atoms with Crippen LogP contribution < -0.4 is 30.0 Å². The van der Waals surface area contributed by atoms with E-state index in [0.717, 1.165) is 8.19 Å². The van der Waals surface area contributed by atoms with E-state index in [-0.39, 0.29) is 59.8 Å². The maximum atomic E-state index is 3.29. The van der Waals surface area contributed by atoms with Crippen molar-refractivity contribution in [3.05, 3.63) is 58.6 Å². The summed E-state index contributed by atoms with van der Waals surface area (Å²) in [5, 5.41) is 5.82. The molecular formula is C18H22Cl2PSiZr. The fourth-order valence-corrected chi connectivity index (χ4v) is 3.92. The van der Waals surface area contributed by atoms with E-state index in [1.807, 2.05) is 0 Å². The summed E-state index contributed by atoms with van der Waals surface area (Å²) >= 11 is 0. The second-order valence-corrected chi connectivity index (χ2v) is 9.33. The zero-order valence-electron chi connectivity index (χ0n) is 14.2. The topological polar surface area (TPSA) is 0 Å². The molecule has 3 rings (SSSR count). The van der Waals surface area contributed by atoms with Gasteiger partial charge in [0, 0.05) is 0 Å². The third kappa shape index (κ3) is 6.97. The van der Waals surface area contributed by atoms with Crippen LogP contribution in [-0.2, 0) is 26.2 Å². The van der Waals surface area contributed by atoms with Crippen LogP contribution in [0.15, 0.2) is 36.4 Å². The maximum absolute atomic E-state index is 3.29. The van der Waals surface area contributed by atoms with Crippen LogP contribution in [-0.4, -0.2) is 8.80 Å². The Bertz CT molecular complexity index is 651. The van der Waals surface area contributed by atoms with Gasteiger partial charge in [-0.05, 0) is 0 Å². The van der Waals surface area contributed by atoms with Crippen molar-refractivity contribution in [3.63, 3.8) is 0 Å². The summed E-state index contributed by atoms with van der Waals surface area (Å²) in [6, 6.07) is 13.2. The molecule has 1 unspecified atom stereocenters. The minimum atomic E-state index is -0.273. The zero-order chi connectivity index (χ0) is 14.7. The van der Waals surface area contributed by atoms with Gasteiger partial charge in [0.15, 0.2) is 0 Å². The summed E-state index contributed by atoms with van der Waals surface area (Å²) in [6.07, 6.45) is 0. The van der Waals surface area contributed by atoms with Crippen molar-refractivity contribution in [3.8, 4) is 0 Å². The van der Waals surface area contributed by atoms with Crippen molar-refractivity contribution < 1.29 is 51.0 Å². The predicted molar refractivity (Wildman–Crippen MR) is 95.6 cm³/mol. The van der Waals surface area contributed by atoms with E-state index in [9.17, 15) is 0 Å². The molecule has 1 heterocycles. The van der Waals surface area contributed by atoms with E-state index >= 15 is 0 Å². The Morgan fingerprint density at radius 3 is 2.04 bits per heavy atom. The van der Waals surface area contributed by atoms with Crippen LogP contribution >= 0.6 is 8.19 Å². The Morgan fingerprint density at radius 2 is 1.65 bits per heavy atom. The first kappa shape index (κ1) is 25.5. The van der Waals surface area contributed by atoms with Crippen molar-refractivity contribution >= 4 is 32.9 Å². The second-order valence-electron chi connectivity index (χ2n) is 5.50. The van der Waals surface area contributed by atoms with Gasteiger partial charge in [-0.3, -0.25) is 8.19 Å². The molecule has 23 heavy (non-hydrogen) atoms. The van der Waals surface area contributed by atoms with Crippen molar-refractivity contribution in [2.45, 2.75) is 33.9 Å². The number of hydrogen-bond acceptors (Lipinski definition) is 0. The Morgan fingerprint density at radius 1 is 1.04 bits per heavy atom.